The van der Waals surface area contributed by atoms with Gasteiger partial charge in [-0.25, -0.2) is 4.98 Å². The average Bonchev–Trinajstić information content (AvgIpc) is 2.75. The lowest BCUT2D eigenvalue weighted by molar-refractivity contribution is 0.0915. The monoisotopic (exact) mass is 271 g/mol. The summed E-state index contributed by atoms with van der Waals surface area (Å²) < 4.78 is 0. The van der Waals surface area contributed by atoms with E-state index in [0.717, 1.165) is 41.9 Å². The van der Waals surface area contributed by atoms with Crippen LogP contribution in [-0.4, -0.2) is 10.8 Å². The fraction of sp³-hybridized carbons (Fsp3) is 0.375. The fourth-order valence-electron chi connectivity index (χ4n) is 2.77. The Balaban J connectivity index is 1.85. The summed E-state index contributed by atoms with van der Waals surface area (Å²) in [5.41, 5.74) is 3.20. The molecule has 0 aliphatic heterocycles. The van der Waals surface area contributed by atoms with Gasteiger partial charge in [0.15, 0.2) is 5.78 Å². The minimum atomic E-state index is 0.106. The van der Waals surface area contributed by atoms with E-state index in [2.05, 4.69) is 16.4 Å². The average molecular weight is 271 g/mol. The van der Waals surface area contributed by atoms with Gasteiger partial charge in [-0.05, 0) is 31.7 Å². The normalized spacial score (nSPS) is 19.0. The van der Waals surface area contributed by atoms with Gasteiger partial charge < -0.3 is 0 Å². The predicted molar refractivity (Wildman–Crippen MR) is 77.8 cm³/mol. The number of Topliss-reactive ketones (excluding diaryl/α,β-unsaturated/α-hetero) is 1. The van der Waals surface area contributed by atoms with Gasteiger partial charge in [0.2, 0.25) is 0 Å². The number of carbonyl (C=O) groups excluding carboxylic acids is 1. The maximum atomic E-state index is 12.6. The summed E-state index contributed by atoms with van der Waals surface area (Å²) in [5, 5.41) is 3.15. The summed E-state index contributed by atoms with van der Waals surface area (Å²) in [4.78, 5) is 17.1. The Kier molecular flexibility index (Phi) is 3.47. The minimum Gasteiger partial charge on any atom is -0.294 e. The Morgan fingerprint density at radius 2 is 2.21 bits per heavy atom. The van der Waals surface area contributed by atoms with Gasteiger partial charge in [0.1, 0.15) is 0 Å². The molecule has 1 aliphatic carbocycles. The van der Waals surface area contributed by atoms with Crippen molar-refractivity contribution in [3.05, 3.63) is 51.5 Å². The van der Waals surface area contributed by atoms with Crippen molar-refractivity contribution in [3.8, 4) is 0 Å². The van der Waals surface area contributed by atoms with Crippen LogP contribution in [-0.2, 0) is 12.8 Å². The number of rotatable bonds is 2. The molecule has 1 aromatic heterocycles. The Labute approximate surface area is 117 Å². The van der Waals surface area contributed by atoms with Crippen LogP contribution in [0.1, 0.15) is 39.5 Å². The zero-order valence-corrected chi connectivity index (χ0v) is 11.9. The predicted octanol–water partition coefficient (Wildman–Crippen LogP) is 3.83. The number of thiazole rings is 1. The van der Waals surface area contributed by atoms with E-state index in [1.165, 1.54) is 5.56 Å². The Morgan fingerprint density at radius 3 is 3.00 bits per heavy atom. The molecule has 3 heteroatoms. The zero-order valence-electron chi connectivity index (χ0n) is 11.1. The smallest absolute Gasteiger partial charge is 0.166 e. The lowest BCUT2D eigenvalue weighted by atomic mass is 9.92. The van der Waals surface area contributed by atoms with E-state index in [-0.39, 0.29) is 5.92 Å². The first-order valence-electron chi connectivity index (χ1n) is 6.77. The van der Waals surface area contributed by atoms with Crippen LogP contribution < -0.4 is 0 Å². The van der Waals surface area contributed by atoms with E-state index in [4.69, 9.17) is 0 Å². The Bertz CT molecular complexity index is 602. The maximum Gasteiger partial charge on any atom is 0.166 e. The second-order valence-electron chi connectivity index (χ2n) is 5.20. The number of fused-ring (bicyclic) bond motifs is 1. The quantitative estimate of drug-likeness (QED) is 0.777. The summed E-state index contributed by atoms with van der Waals surface area (Å²) >= 11 is 1.67. The lowest BCUT2D eigenvalue weighted by Crippen LogP contribution is -2.16. The van der Waals surface area contributed by atoms with Gasteiger partial charge in [-0.15, -0.1) is 11.3 Å². The highest BCUT2D eigenvalue weighted by Gasteiger charge is 2.26. The van der Waals surface area contributed by atoms with E-state index >= 15 is 0 Å². The van der Waals surface area contributed by atoms with E-state index in [1.54, 1.807) is 11.3 Å². The highest BCUT2D eigenvalue weighted by molar-refractivity contribution is 7.09. The van der Waals surface area contributed by atoms with Crippen molar-refractivity contribution >= 4 is 17.1 Å². The van der Waals surface area contributed by atoms with Gasteiger partial charge >= 0.3 is 0 Å². The van der Waals surface area contributed by atoms with Crippen LogP contribution in [0.25, 0.3) is 0 Å². The summed E-state index contributed by atoms with van der Waals surface area (Å²) in [7, 11) is 0. The van der Waals surface area contributed by atoms with Crippen LogP contribution in [0, 0.1) is 12.8 Å². The van der Waals surface area contributed by atoms with Gasteiger partial charge in [0.25, 0.3) is 0 Å². The number of nitrogens with zero attached hydrogens (tertiary/aromatic N) is 1. The molecule has 1 aromatic carbocycles. The number of hydrogen-bond donors (Lipinski definition) is 0. The minimum absolute atomic E-state index is 0.106. The molecule has 0 saturated heterocycles. The zero-order chi connectivity index (χ0) is 13.2. The maximum absolute atomic E-state index is 12.6. The van der Waals surface area contributed by atoms with E-state index in [9.17, 15) is 4.79 Å². The molecule has 2 nitrogen and oxygen atoms in total. The molecular weight excluding hydrogens is 254 g/mol. The molecule has 0 radical (unpaired) electrons. The number of carbonyl (C=O) groups is 1. The van der Waals surface area contributed by atoms with Crippen molar-refractivity contribution in [1.29, 1.82) is 0 Å². The molecule has 0 bridgehead atoms. The summed E-state index contributed by atoms with van der Waals surface area (Å²) in [6.45, 7) is 2.00. The molecule has 0 N–H and O–H groups in total. The molecule has 0 spiro atoms. The summed E-state index contributed by atoms with van der Waals surface area (Å²) in [5.74, 6) is 0.412. The molecule has 0 fully saturated rings. The van der Waals surface area contributed by atoms with Crippen molar-refractivity contribution in [1.82, 2.24) is 4.98 Å². The van der Waals surface area contributed by atoms with Crippen LogP contribution in [0.2, 0.25) is 0 Å². The first-order valence-corrected chi connectivity index (χ1v) is 7.65. The van der Waals surface area contributed by atoms with Gasteiger partial charge in [-0.2, -0.15) is 0 Å². The molecule has 1 atom stereocenters. The molecule has 1 heterocycles. The van der Waals surface area contributed by atoms with Crippen LogP contribution >= 0.6 is 11.3 Å². The Hall–Kier alpha value is -1.48. The van der Waals surface area contributed by atoms with Crippen molar-refractivity contribution in [2.75, 3.05) is 0 Å². The topological polar surface area (TPSA) is 30.0 Å². The second-order valence-corrected chi connectivity index (χ2v) is 6.14. The molecule has 1 aliphatic rings. The molecule has 0 saturated carbocycles. The van der Waals surface area contributed by atoms with Crippen LogP contribution in [0.3, 0.4) is 0 Å². The first-order chi connectivity index (χ1) is 9.24. The van der Waals surface area contributed by atoms with E-state index in [1.807, 2.05) is 25.1 Å². The molecular formula is C16H17NOS. The van der Waals surface area contributed by atoms with Gasteiger partial charge in [-0.1, -0.05) is 24.3 Å². The SMILES string of the molecule is Cc1csc(CC2CCCc3ccccc3C2=O)n1. The number of aromatic nitrogens is 1. The lowest BCUT2D eigenvalue weighted by Gasteiger charge is -2.11. The third-order valence-electron chi connectivity index (χ3n) is 3.74. The number of ketones is 1. The van der Waals surface area contributed by atoms with Gasteiger partial charge in [0.05, 0.1) is 5.01 Å². The van der Waals surface area contributed by atoms with Gasteiger partial charge in [0, 0.05) is 29.0 Å². The van der Waals surface area contributed by atoms with Crippen molar-refractivity contribution < 1.29 is 4.79 Å². The third kappa shape index (κ3) is 2.61. The van der Waals surface area contributed by atoms with E-state index in [0.29, 0.717) is 5.78 Å². The second kappa shape index (κ2) is 5.25. The highest BCUT2D eigenvalue weighted by atomic mass is 32.1. The molecule has 1 unspecified atom stereocenters. The first kappa shape index (κ1) is 12.5. The van der Waals surface area contributed by atoms with Gasteiger partial charge in [-0.3, -0.25) is 4.79 Å². The van der Waals surface area contributed by atoms with Crippen molar-refractivity contribution in [3.63, 3.8) is 0 Å². The fourth-order valence-corrected chi connectivity index (χ4v) is 3.62. The molecule has 3 rings (SSSR count). The third-order valence-corrected chi connectivity index (χ3v) is 4.73. The highest BCUT2D eigenvalue weighted by Crippen LogP contribution is 2.27. The summed E-state index contributed by atoms with van der Waals surface area (Å²) in [6, 6.07) is 8.05. The molecule has 19 heavy (non-hydrogen) atoms. The van der Waals surface area contributed by atoms with Crippen molar-refractivity contribution in [2.45, 2.75) is 32.6 Å². The largest absolute Gasteiger partial charge is 0.294 e. The standard InChI is InChI=1S/C16H17NOS/c1-11-10-19-15(17-11)9-13-7-4-6-12-5-2-3-8-14(12)16(13)18/h2-3,5,8,10,13H,4,6-7,9H2,1H3. The van der Waals surface area contributed by atoms with E-state index < -0.39 is 0 Å². The number of hydrogen-bond acceptors (Lipinski definition) is 3. The molecule has 2 aromatic rings. The Morgan fingerprint density at radius 1 is 1.37 bits per heavy atom. The van der Waals surface area contributed by atoms with Crippen LogP contribution in [0.5, 0.6) is 0 Å². The van der Waals surface area contributed by atoms with Crippen LogP contribution in [0.4, 0.5) is 0 Å². The van der Waals surface area contributed by atoms with Crippen molar-refractivity contribution in [2.24, 2.45) is 5.92 Å². The number of benzene rings is 1. The molecule has 0 amide bonds. The number of aryl methyl sites for hydroxylation is 2. The molecule has 98 valence electrons. The summed E-state index contributed by atoms with van der Waals surface area (Å²) in [6.07, 6.45) is 3.89. The van der Waals surface area contributed by atoms with Crippen LogP contribution in [0.15, 0.2) is 29.6 Å².